The predicted molar refractivity (Wildman–Crippen MR) is 133 cm³/mol. The summed E-state index contributed by atoms with van der Waals surface area (Å²) in [6, 6.07) is 9.31. The summed E-state index contributed by atoms with van der Waals surface area (Å²) in [4.78, 5) is 26.0. The molecule has 1 amide bonds. The lowest BCUT2D eigenvalue weighted by molar-refractivity contribution is -0.0532. The van der Waals surface area contributed by atoms with E-state index in [9.17, 15) is 4.79 Å². The Hall–Kier alpha value is -4.02. The van der Waals surface area contributed by atoms with E-state index < -0.39 is 24.3 Å². The van der Waals surface area contributed by atoms with Crippen molar-refractivity contribution in [3.05, 3.63) is 54.1 Å². The first-order valence-electron chi connectivity index (χ1n) is 12.7. The fraction of sp³-hybridized carbons (Fsp3) is 0.423. The Morgan fingerprint density at radius 3 is 2.81 bits per heavy atom. The van der Waals surface area contributed by atoms with Crippen molar-refractivity contribution in [2.75, 3.05) is 5.32 Å². The van der Waals surface area contributed by atoms with E-state index in [2.05, 4.69) is 30.8 Å². The first-order valence-corrected chi connectivity index (χ1v) is 12.7. The summed E-state index contributed by atoms with van der Waals surface area (Å²) in [5.74, 6) is 1.34. The molecule has 4 aromatic heterocycles. The van der Waals surface area contributed by atoms with E-state index in [1.54, 1.807) is 12.3 Å². The highest BCUT2D eigenvalue weighted by molar-refractivity contribution is 5.69. The zero-order valence-corrected chi connectivity index (χ0v) is 20.3. The summed E-state index contributed by atoms with van der Waals surface area (Å²) in [6.07, 6.45) is 5.12. The van der Waals surface area contributed by atoms with Gasteiger partial charge in [0.2, 0.25) is 5.95 Å². The van der Waals surface area contributed by atoms with E-state index in [4.69, 9.17) is 9.72 Å². The van der Waals surface area contributed by atoms with Crippen LogP contribution in [0.15, 0.2) is 42.7 Å². The molecule has 4 aliphatic carbocycles. The van der Waals surface area contributed by atoms with Crippen molar-refractivity contribution in [3.63, 3.8) is 0 Å². The molecule has 0 aliphatic heterocycles. The van der Waals surface area contributed by atoms with Crippen molar-refractivity contribution >= 4 is 23.5 Å². The molecule has 37 heavy (non-hydrogen) atoms. The van der Waals surface area contributed by atoms with Crippen molar-refractivity contribution in [2.45, 2.75) is 62.8 Å². The lowest BCUT2D eigenvalue weighted by atomic mass is 9.50. The number of alkyl halides is 1. The molecule has 4 heterocycles. The topological polar surface area (TPSA) is 122 Å². The quantitative estimate of drug-likeness (QED) is 0.357. The van der Waals surface area contributed by atoms with Gasteiger partial charge in [-0.25, -0.2) is 19.2 Å². The molecular weight excluding hydrogens is 475 g/mol. The van der Waals surface area contributed by atoms with Gasteiger partial charge in [-0.2, -0.15) is 5.10 Å². The van der Waals surface area contributed by atoms with Gasteiger partial charge in [0.15, 0.2) is 5.82 Å². The number of carbonyl (C=O) groups excluding carboxylic acids is 1. The van der Waals surface area contributed by atoms with E-state index in [1.807, 2.05) is 41.8 Å². The highest BCUT2D eigenvalue weighted by Gasteiger charge is 2.58. The number of anilines is 2. The smallest absolute Gasteiger partial charge is 0.407 e. The largest absolute Gasteiger partial charge is 0.443 e. The normalized spacial score (nSPS) is 27.9. The zero-order valence-electron chi connectivity index (χ0n) is 20.3. The maximum absolute atomic E-state index is 15.3. The Bertz CT molecular complexity index is 1470. The Morgan fingerprint density at radius 1 is 1.19 bits per heavy atom. The van der Waals surface area contributed by atoms with Crippen LogP contribution in [0.1, 0.15) is 49.4 Å². The fourth-order valence-electron chi connectivity index (χ4n) is 5.94. The number of H-pyrrole nitrogens is 1. The molecule has 0 spiro atoms. The number of rotatable bonds is 6. The van der Waals surface area contributed by atoms with Crippen LogP contribution in [0, 0.1) is 12.8 Å². The number of halogens is 1. The van der Waals surface area contributed by atoms with Gasteiger partial charge in [-0.3, -0.25) is 14.5 Å². The van der Waals surface area contributed by atoms with Gasteiger partial charge in [0.05, 0.1) is 17.1 Å². The first kappa shape index (κ1) is 22.2. The molecule has 190 valence electrons. The molecule has 11 heteroatoms. The van der Waals surface area contributed by atoms with Gasteiger partial charge in [0.1, 0.15) is 17.9 Å². The Balaban J connectivity index is 1.07. The van der Waals surface area contributed by atoms with Crippen LogP contribution in [-0.4, -0.2) is 53.5 Å². The second-order valence-corrected chi connectivity index (χ2v) is 10.6. The van der Waals surface area contributed by atoms with E-state index in [1.165, 1.54) is 0 Å². The molecular formula is C26H27FN8O2. The van der Waals surface area contributed by atoms with Gasteiger partial charge < -0.3 is 15.4 Å². The van der Waals surface area contributed by atoms with Crippen molar-refractivity contribution in [1.29, 1.82) is 0 Å². The third-order valence-electron chi connectivity index (χ3n) is 7.90. The fourth-order valence-corrected chi connectivity index (χ4v) is 5.94. The second-order valence-electron chi connectivity index (χ2n) is 10.6. The molecule has 0 aromatic carbocycles. The average molecular weight is 503 g/mol. The highest BCUT2D eigenvalue weighted by Crippen LogP contribution is 2.57. The van der Waals surface area contributed by atoms with E-state index in [0.717, 1.165) is 42.2 Å². The Kier molecular flexibility index (Phi) is 4.95. The monoisotopic (exact) mass is 502 g/mol. The lowest BCUT2D eigenvalue weighted by Gasteiger charge is -2.61. The second kappa shape index (κ2) is 8.25. The number of amides is 1. The highest BCUT2D eigenvalue weighted by atomic mass is 19.1. The van der Waals surface area contributed by atoms with Crippen LogP contribution in [-0.2, 0) is 4.74 Å². The maximum atomic E-state index is 15.3. The van der Waals surface area contributed by atoms with Crippen molar-refractivity contribution < 1.29 is 13.9 Å². The van der Waals surface area contributed by atoms with Gasteiger partial charge >= 0.3 is 6.09 Å². The number of hydrogen-bond acceptors (Lipinski definition) is 7. The average Bonchev–Trinajstić information content (AvgIpc) is 3.55. The Morgan fingerprint density at radius 2 is 2.05 bits per heavy atom. The predicted octanol–water partition coefficient (Wildman–Crippen LogP) is 4.43. The van der Waals surface area contributed by atoms with Crippen LogP contribution in [0.25, 0.3) is 17.0 Å². The van der Waals surface area contributed by atoms with Crippen LogP contribution >= 0.6 is 0 Å². The molecule has 2 bridgehead atoms. The van der Waals surface area contributed by atoms with Gasteiger partial charge in [-0.15, -0.1) is 0 Å². The van der Waals surface area contributed by atoms with E-state index in [0.29, 0.717) is 36.0 Å². The first-order chi connectivity index (χ1) is 17.9. The number of imidazole rings is 1. The number of aryl methyl sites for hydroxylation is 1. The number of carbonyl (C=O) groups is 1. The summed E-state index contributed by atoms with van der Waals surface area (Å²) in [7, 11) is 0. The lowest BCUT2D eigenvalue weighted by Crippen LogP contribution is -2.68. The van der Waals surface area contributed by atoms with Crippen molar-refractivity contribution in [3.8, 4) is 11.4 Å². The number of pyridine rings is 1. The summed E-state index contributed by atoms with van der Waals surface area (Å²) in [5.41, 5.74) is 3.54. The number of aromatic nitrogens is 6. The molecule has 4 aliphatic rings. The van der Waals surface area contributed by atoms with E-state index in [-0.39, 0.29) is 5.54 Å². The number of alkyl carbamates (subject to hydrolysis) is 1. The molecule has 4 fully saturated rings. The number of nitrogens with one attached hydrogen (secondary N) is 3. The van der Waals surface area contributed by atoms with Crippen LogP contribution < -0.4 is 10.6 Å². The van der Waals surface area contributed by atoms with Gasteiger partial charge in [0.25, 0.3) is 0 Å². The molecule has 0 unspecified atom stereocenters. The third-order valence-corrected chi connectivity index (χ3v) is 7.90. The molecule has 8 rings (SSSR count). The maximum Gasteiger partial charge on any atom is 0.407 e. The molecule has 3 atom stereocenters. The summed E-state index contributed by atoms with van der Waals surface area (Å²) < 4.78 is 22.6. The Labute approximate surface area is 212 Å². The number of hydrogen-bond donors (Lipinski definition) is 3. The number of nitrogens with zero attached hydrogens (tertiary/aromatic N) is 5. The molecule has 10 nitrogen and oxygen atoms in total. The molecule has 3 N–H and O–H groups in total. The van der Waals surface area contributed by atoms with Gasteiger partial charge in [-0.1, -0.05) is 6.07 Å². The molecule has 0 radical (unpaired) electrons. The molecule has 4 saturated carbocycles. The van der Waals surface area contributed by atoms with Gasteiger partial charge in [0, 0.05) is 41.7 Å². The van der Waals surface area contributed by atoms with Crippen molar-refractivity contribution in [2.24, 2.45) is 5.92 Å². The summed E-state index contributed by atoms with van der Waals surface area (Å²) in [6.45, 7) is 1.92. The summed E-state index contributed by atoms with van der Waals surface area (Å²) in [5, 5.41) is 13.5. The van der Waals surface area contributed by atoms with Gasteiger partial charge in [-0.05, 0) is 57.1 Å². The minimum absolute atomic E-state index is 0.0867. The SMILES string of the molecule is Cc1cn2c(Nc3cc([C@@H]4CC[C@H](OC(=O)NC56CC(C5)C6)[C@@H]4F)[nH]n3)nc(-c3ccccn3)cc2n1. The number of fused-ring (bicyclic) bond motifs is 1. The van der Waals surface area contributed by atoms with E-state index >= 15 is 4.39 Å². The van der Waals surface area contributed by atoms with Crippen LogP contribution in [0.5, 0.6) is 0 Å². The minimum atomic E-state index is -1.30. The number of ether oxygens (including phenoxy) is 1. The van der Waals surface area contributed by atoms with Crippen LogP contribution in [0.4, 0.5) is 21.0 Å². The third kappa shape index (κ3) is 3.89. The van der Waals surface area contributed by atoms with Crippen molar-refractivity contribution in [1.82, 2.24) is 34.9 Å². The zero-order chi connectivity index (χ0) is 25.1. The van der Waals surface area contributed by atoms with Crippen LogP contribution in [0.2, 0.25) is 0 Å². The standard InChI is InChI=1S/C26H27FN8O2/c1-14-13-35-22(29-14)9-19(17-4-2-3-7-28-17)30-24(35)31-21-8-18(33-34-21)16-5-6-20(23(16)27)37-25(36)32-26-10-15(11-26)12-26/h2-4,7-9,13,15-16,20,23H,5-6,10-12H2,1H3,(H,32,36)(H2,30,31,33,34)/t15?,16-,20-,23+,26?/m0/s1. The van der Waals surface area contributed by atoms with Crippen LogP contribution in [0.3, 0.4) is 0 Å². The molecule has 4 aromatic rings. The molecule has 0 saturated heterocycles. The minimum Gasteiger partial charge on any atom is -0.443 e. The summed E-state index contributed by atoms with van der Waals surface area (Å²) >= 11 is 0. The number of aromatic amines is 1.